The third kappa shape index (κ3) is 3.24. The molecule has 0 radical (unpaired) electrons. The van der Waals surface area contributed by atoms with Gasteiger partial charge in [-0.2, -0.15) is 5.26 Å². The maximum Gasteiger partial charge on any atom is 0.189 e. The van der Waals surface area contributed by atoms with E-state index in [9.17, 15) is 5.26 Å². The predicted octanol–water partition coefficient (Wildman–Crippen LogP) is 2.69. The van der Waals surface area contributed by atoms with E-state index in [4.69, 9.17) is 0 Å². The minimum atomic E-state index is 0.400. The quantitative estimate of drug-likeness (QED) is 0.560. The number of hydrogen-bond donors (Lipinski definition) is 0. The lowest BCUT2D eigenvalue weighted by atomic mass is 10.2. The van der Waals surface area contributed by atoms with Crippen molar-refractivity contribution < 1.29 is 0 Å². The Balaban J connectivity index is 1.50. The van der Waals surface area contributed by atoms with Crippen LogP contribution in [-0.2, 0) is 6.54 Å². The zero-order chi connectivity index (χ0) is 17.4. The molecule has 25 heavy (non-hydrogen) atoms. The fraction of sp³-hybridized carbons (Fsp3) is 0.412. The van der Waals surface area contributed by atoms with Crippen LogP contribution in [0, 0.1) is 11.3 Å². The highest BCUT2D eigenvalue weighted by molar-refractivity contribution is 9.10. The molecule has 2 saturated heterocycles. The lowest BCUT2D eigenvalue weighted by Crippen LogP contribution is -2.46. The maximum absolute atomic E-state index is 9.40. The monoisotopic (exact) mass is 416 g/mol. The lowest BCUT2D eigenvalue weighted by Gasteiger charge is -2.35. The number of fused-ring (bicyclic) bond motifs is 2. The van der Waals surface area contributed by atoms with E-state index < -0.39 is 0 Å². The SMILES string of the molecule is CSc1ncc(C#N)c(N2CC3CC2CN3Cc2ccc(Br)cn2)n1. The largest absolute Gasteiger partial charge is 0.349 e. The minimum Gasteiger partial charge on any atom is -0.349 e. The van der Waals surface area contributed by atoms with Gasteiger partial charge < -0.3 is 4.90 Å². The molecule has 2 atom stereocenters. The average molecular weight is 417 g/mol. The third-order valence-corrected chi connectivity index (χ3v) is 5.86. The first-order valence-corrected chi connectivity index (χ1v) is 10.1. The van der Waals surface area contributed by atoms with E-state index in [2.05, 4.69) is 52.8 Å². The predicted molar refractivity (Wildman–Crippen MR) is 100 cm³/mol. The molecular weight excluding hydrogens is 400 g/mol. The van der Waals surface area contributed by atoms with Gasteiger partial charge in [-0.1, -0.05) is 11.8 Å². The Morgan fingerprint density at radius 3 is 2.80 bits per heavy atom. The van der Waals surface area contributed by atoms with E-state index in [0.717, 1.165) is 42.0 Å². The van der Waals surface area contributed by atoms with Gasteiger partial charge in [0, 0.05) is 42.4 Å². The molecule has 2 unspecified atom stereocenters. The van der Waals surface area contributed by atoms with Crippen LogP contribution in [0.3, 0.4) is 0 Å². The fourth-order valence-corrected chi connectivity index (χ4v) is 4.23. The molecule has 0 saturated carbocycles. The second-order valence-electron chi connectivity index (χ2n) is 6.30. The summed E-state index contributed by atoms with van der Waals surface area (Å²) in [6.07, 6.45) is 6.55. The second-order valence-corrected chi connectivity index (χ2v) is 7.99. The summed E-state index contributed by atoms with van der Waals surface area (Å²) in [4.78, 5) is 18.1. The van der Waals surface area contributed by atoms with Gasteiger partial charge in [0.2, 0.25) is 0 Å². The van der Waals surface area contributed by atoms with Crippen LogP contribution in [0.5, 0.6) is 0 Å². The average Bonchev–Trinajstić information content (AvgIpc) is 3.23. The van der Waals surface area contributed by atoms with Gasteiger partial charge in [0.15, 0.2) is 11.0 Å². The first kappa shape index (κ1) is 16.8. The summed E-state index contributed by atoms with van der Waals surface area (Å²) in [7, 11) is 0. The van der Waals surface area contributed by atoms with Gasteiger partial charge in [-0.3, -0.25) is 9.88 Å². The van der Waals surface area contributed by atoms with Crippen LogP contribution in [0.4, 0.5) is 5.82 Å². The molecule has 2 aromatic heterocycles. The summed E-state index contributed by atoms with van der Waals surface area (Å²) in [6, 6.07) is 7.22. The molecule has 2 aliphatic heterocycles. The standard InChI is InChI=1S/C17H17BrN6S/c1-25-17-21-6-11(5-19)16(22-17)24-10-14-4-15(24)9-23(14)8-13-3-2-12(18)7-20-13/h2-3,6-7,14-15H,4,8-10H2,1H3. The van der Waals surface area contributed by atoms with Gasteiger partial charge in [0.25, 0.3) is 0 Å². The molecular formula is C17H17BrN6S. The van der Waals surface area contributed by atoms with E-state index in [-0.39, 0.29) is 0 Å². The number of anilines is 1. The Labute approximate surface area is 159 Å². The molecule has 6 nitrogen and oxygen atoms in total. The van der Waals surface area contributed by atoms with Gasteiger partial charge >= 0.3 is 0 Å². The number of rotatable bonds is 4. The molecule has 0 N–H and O–H groups in total. The number of nitrogens with zero attached hydrogens (tertiary/aromatic N) is 6. The molecule has 4 rings (SSSR count). The summed E-state index contributed by atoms with van der Waals surface area (Å²) in [6.45, 7) is 2.75. The van der Waals surface area contributed by atoms with Gasteiger partial charge in [-0.05, 0) is 40.7 Å². The van der Waals surface area contributed by atoms with E-state index in [1.165, 1.54) is 11.8 Å². The molecule has 4 heterocycles. The van der Waals surface area contributed by atoms with Crippen LogP contribution in [0.25, 0.3) is 0 Å². The smallest absolute Gasteiger partial charge is 0.189 e. The maximum atomic E-state index is 9.40. The van der Waals surface area contributed by atoms with E-state index in [1.807, 2.05) is 18.5 Å². The normalized spacial score (nSPS) is 22.4. The van der Waals surface area contributed by atoms with E-state index in [1.54, 1.807) is 6.20 Å². The van der Waals surface area contributed by atoms with Crippen LogP contribution in [0.15, 0.2) is 34.2 Å². The number of piperazine rings is 1. The molecule has 0 aromatic carbocycles. The van der Waals surface area contributed by atoms with Crippen molar-refractivity contribution >= 4 is 33.5 Å². The van der Waals surface area contributed by atoms with Crippen molar-refractivity contribution in [2.45, 2.75) is 30.2 Å². The van der Waals surface area contributed by atoms with Crippen LogP contribution >= 0.6 is 27.7 Å². The summed E-state index contributed by atoms with van der Waals surface area (Å²) >= 11 is 4.93. The van der Waals surface area contributed by atoms with Crippen molar-refractivity contribution in [2.24, 2.45) is 0 Å². The molecule has 2 fully saturated rings. The molecule has 2 aromatic rings. The molecule has 128 valence electrons. The Bertz CT molecular complexity index is 821. The van der Waals surface area contributed by atoms with Crippen molar-refractivity contribution in [1.29, 1.82) is 5.26 Å². The topological polar surface area (TPSA) is 68.9 Å². The Hall–Kier alpha value is -1.69. The highest BCUT2D eigenvalue weighted by Crippen LogP contribution is 2.36. The van der Waals surface area contributed by atoms with Crippen LogP contribution in [0.2, 0.25) is 0 Å². The zero-order valence-corrected chi connectivity index (χ0v) is 16.2. The molecule has 0 spiro atoms. The second kappa shape index (κ2) is 6.90. The van der Waals surface area contributed by atoms with Crippen molar-refractivity contribution in [3.8, 4) is 6.07 Å². The van der Waals surface area contributed by atoms with Crippen LogP contribution < -0.4 is 4.90 Å². The molecule has 2 aliphatic rings. The highest BCUT2D eigenvalue weighted by atomic mass is 79.9. The van der Waals surface area contributed by atoms with Crippen molar-refractivity contribution in [3.05, 3.63) is 40.3 Å². The van der Waals surface area contributed by atoms with Gasteiger partial charge in [-0.15, -0.1) is 0 Å². The van der Waals surface area contributed by atoms with Gasteiger partial charge in [0.1, 0.15) is 11.6 Å². The lowest BCUT2D eigenvalue weighted by molar-refractivity contribution is 0.227. The van der Waals surface area contributed by atoms with Crippen molar-refractivity contribution in [3.63, 3.8) is 0 Å². The molecule has 0 aliphatic carbocycles. The van der Waals surface area contributed by atoms with Crippen LogP contribution in [-0.4, -0.2) is 51.3 Å². The summed E-state index contributed by atoms with van der Waals surface area (Å²) in [5, 5.41) is 10.1. The number of hydrogen-bond acceptors (Lipinski definition) is 7. The van der Waals surface area contributed by atoms with Crippen LogP contribution in [0.1, 0.15) is 17.7 Å². The third-order valence-electron chi connectivity index (χ3n) is 4.83. The number of aromatic nitrogens is 3. The zero-order valence-electron chi connectivity index (χ0n) is 13.8. The Kier molecular flexibility index (Phi) is 4.63. The Morgan fingerprint density at radius 2 is 2.16 bits per heavy atom. The Morgan fingerprint density at radius 1 is 1.28 bits per heavy atom. The number of likely N-dealkylation sites (tertiary alicyclic amines) is 1. The van der Waals surface area contributed by atoms with Crippen molar-refractivity contribution in [2.75, 3.05) is 24.2 Å². The first-order chi connectivity index (χ1) is 12.2. The first-order valence-electron chi connectivity index (χ1n) is 8.10. The summed E-state index contributed by atoms with van der Waals surface area (Å²) in [5.41, 5.74) is 1.65. The van der Waals surface area contributed by atoms with E-state index in [0.29, 0.717) is 22.8 Å². The van der Waals surface area contributed by atoms with Gasteiger partial charge in [0.05, 0.1) is 11.9 Å². The number of thioether (sulfide) groups is 1. The minimum absolute atomic E-state index is 0.400. The fourth-order valence-electron chi connectivity index (χ4n) is 3.66. The number of halogens is 1. The number of pyridine rings is 1. The molecule has 0 amide bonds. The molecule has 2 bridgehead atoms. The summed E-state index contributed by atoms with van der Waals surface area (Å²) < 4.78 is 1.00. The van der Waals surface area contributed by atoms with Gasteiger partial charge in [-0.25, -0.2) is 9.97 Å². The highest BCUT2D eigenvalue weighted by Gasteiger charge is 2.44. The number of nitriles is 1. The van der Waals surface area contributed by atoms with E-state index >= 15 is 0 Å². The van der Waals surface area contributed by atoms with Crippen molar-refractivity contribution in [1.82, 2.24) is 19.9 Å². The summed E-state index contributed by atoms with van der Waals surface area (Å²) in [5.74, 6) is 0.788. The molecule has 8 heteroatoms.